The van der Waals surface area contributed by atoms with E-state index in [1.807, 2.05) is 19.9 Å². The smallest absolute Gasteiger partial charge is 0.302 e. The third-order valence-electron chi connectivity index (χ3n) is 2.49. The second-order valence-electron chi connectivity index (χ2n) is 5.01. The second-order valence-corrected chi connectivity index (χ2v) is 5.01. The van der Waals surface area contributed by atoms with Crippen LogP contribution in [-0.4, -0.2) is 18.1 Å². The van der Waals surface area contributed by atoms with E-state index < -0.39 is 0 Å². The van der Waals surface area contributed by atoms with Crippen LogP contribution in [0.5, 0.6) is 0 Å². The van der Waals surface area contributed by atoms with Crippen molar-refractivity contribution in [1.82, 2.24) is 5.32 Å². The predicted octanol–water partition coefficient (Wildman–Crippen LogP) is 2.43. The van der Waals surface area contributed by atoms with Crippen LogP contribution in [0.25, 0.3) is 0 Å². The Morgan fingerprint density at radius 2 is 2.12 bits per heavy atom. The third-order valence-corrected chi connectivity index (χ3v) is 2.49. The highest BCUT2D eigenvalue weighted by Gasteiger charge is 2.18. The van der Waals surface area contributed by atoms with Crippen LogP contribution in [0.4, 0.5) is 0 Å². The molecule has 1 aromatic carbocycles. The molecule has 0 aliphatic carbocycles. The summed E-state index contributed by atoms with van der Waals surface area (Å²) in [5.74, 6) is -0.240. The fourth-order valence-electron chi connectivity index (χ4n) is 1.50. The number of esters is 1. The number of ether oxygens (including phenoxy) is 1. The number of hydrogen-bond donors (Lipinski definition) is 1. The average Bonchev–Trinajstić information content (AvgIpc) is 2.24. The number of carbonyl (C=O) groups is 1. The lowest BCUT2D eigenvalue weighted by Crippen LogP contribution is -2.43. The van der Waals surface area contributed by atoms with Crippen molar-refractivity contribution in [3.05, 3.63) is 35.4 Å². The Labute approximate surface area is 103 Å². The van der Waals surface area contributed by atoms with E-state index in [0.29, 0.717) is 6.61 Å². The van der Waals surface area contributed by atoms with Gasteiger partial charge >= 0.3 is 5.97 Å². The quantitative estimate of drug-likeness (QED) is 0.797. The van der Waals surface area contributed by atoms with Crippen molar-refractivity contribution in [2.45, 2.75) is 39.8 Å². The Kier molecular flexibility index (Phi) is 4.70. The molecule has 0 aliphatic heterocycles. The zero-order valence-electron chi connectivity index (χ0n) is 11.0. The first-order valence-corrected chi connectivity index (χ1v) is 5.83. The van der Waals surface area contributed by atoms with E-state index in [1.54, 1.807) is 0 Å². The Morgan fingerprint density at radius 1 is 1.41 bits per heavy atom. The normalized spacial score (nSPS) is 11.3. The van der Waals surface area contributed by atoms with Crippen molar-refractivity contribution in [3.63, 3.8) is 0 Å². The van der Waals surface area contributed by atoms with Crippen LogP contribution >= 0.6 is 0 Å². The highest BCUT2D eigenvalue weighted by Crippen LogP contribution is 2.08. The van der Waals surface area contributed by atoms with Gasteiger partial charge in [-0.05, 0) is 26.3 Å². The second kappa shape index (κ2) is 5.82. The molecule has 0 aromatic heterocycles. The maximum absolute atomic E-state index is 10.8. The summed E-state index contributed by atoms with van der Waals surface area (Å²) in [4.78, 5) is 10.8. The van der Waals surface area contributed by atoms with Crippen LogP contribution < -0.4 is 5.32 Å². The van der Waals surface area contributed by atoms with Gasteiger partial charge in [-0.25, -0.2) is 0 Å². The van der Waals surface area contributed by atoms with Gasteiger partial charge in [0.2, 0.25) is 0 Å². The lowest BCUT2D eigenvalue weighted by Gasteiger charge is -2.25. The third kappa shape index (κ3) is 5.50. The molecule has 0 saturated heterocycles. The van der Waals surface area contributed by atoms with Crippen molar-refractivity contribution < 1.29 is 9.53 Å². The molecule has 0 heterocycles. The SMILES string of the molecule is CC(=O)OCC(C)(C)NCc1cccc(C)c1. The van der Waals surface area contributed by atoms with Gasteiger partial charge in [-0.15, -0.1) is 0 Å². The van der Waals surface area contributed by atoms with Gasteiger partial charge in [0, 0.05) is 19.0 Å². The molecule has 17 heavy (non-hydrogen) atoms. The summed E-state index contributed by atoms with van der Waals surface area (Å²) in [7, 11) is 0. The molecule has 0 amide bonds. The first kappa shape index (κ1) is 13.7. The molecule has 3 nitrogen and oxygen atoms in total. The van der Waals surface area contributed by atoms with E-state index >= 15 is 0 Å². The zero-order valence-corrected chi connectivity index (χ0v) is 11.0. The zero-order chi connectivity index (χ0) is 12.9. The summed E-state index contributed by atoms with van der Waals surface area (Å²) >= 11 is 0. The predicted molar refractivity (Wildman–Crippen MR) is 68.7 cm³/mol. The summed E-state index contributed by atoms with van der Waals surface area (Å²) in [5.41, 5.74) is 2.28. The van der Waals surface area contributed by atoms with Crippen LogP contribution in [0.3, 0.4) is 0 Å². The summed E-state index contributed by atoms with van der Waals surface area (Å²) in [6.45, 7) is 8.70. The molecule has 0 aliphatic rings. The minimum atomic E-state index is -0.240. The Morgan fingerprint density at radius 3 is 2.71 bits per heavy atom. The molecule has 94 valence electrons. The maximum atomic E-state index is 10.8. The molecule has 0 atom stereocenters. The molecule has 0 fully saturated rings. The van der Waals surface area contributed by atoms with E-state index in [4.69, 9.17) is 4.74 Å². The molecule has 0 saturated carbocycles. The van der Waals surface area contributed by atoms with Crippen LogP contribution in [0.15, 0.2) is 24.3 Å². The molecular formula is C14H21NO2. The minimum absolute atomic E-state index is 0.213. The van der Waals surface area contributed by atoms with Gasteiger partial charge in [-0.1, -0.05) is 29.8 Å². The summed E-state index contributed by atoms with van der Waals surface area (Å²) < 4.78 is 5.02. The van der Waals surface area contributed by atoms with Gasteiger partial charge in [-0.3, -0.25) is 4.79 Å². The molecule has 1 rings (SSSR count). The number of nitrogens with one attached hydrogen (secondary N) is 1. The van der Waals surface area contributed by atoms with Crippen molar-refractivity contribution in [2.24, 2.45) is 0 Å². The number of carbonyl (C=O) groups excluding carboxylic acids is 1. The Balaban J connectivity index is 2.46. The molecule has 0 spiro atoms. The minimum Gasteiger partial charge on any atom is -0.464 e. The fraction of sp³-hybridized carbons (Fsp3) is 0.500. The van der Waals surface area contributed by atoms with Crippen molar-refractivity contribution in [3.8, 4) is 0 Å². The van der Waals surface area contributed by atoms with Crippen molar-refractivity contribution >= 4 is 5.97 Å². The highest BCUT2D eigenvalue weighted by molar-refractivity contribution is 5.65. The van der Waals surface area contributed by atoms with Gasteiger partial charge in [0.25, 0.3) is 0 Å². The summed E-state index contributed by atoms with van der Waals surface area (Å²) in [6, 6.07) is 8.36. The van der Waals surface area contributed by atoms with Gasteiger partial charge in [-0.2, -0.15) is 0 Å². The Hall–Kier alpha value is -1.35. The van der Waals surface area contributed by atoms with E-state index in [-0.39, 0.29) is 11.5 Å². The lowest BCUT2D eigenvalue weighted by molar-refractivity contribution is -0.142. The molecule has 0 bridgehead atoms. The highest BCUT2D eigenvalue weighted by atomic mass is 16.5. The number of aryl methyl sites for hydroxylation is 1. The number of benzene rings is 1. The number of hydrogen-bond acceptors (Lipinski definition) is 3. The largest absolute Gasteiger partial charge is 0.464 e. The maximum Gasteiger partial charge on any atom is 0.302 e. The van der Waals surface area contributed by atoms with E-state index in [9.17, 15) is 4.79 Å². The van der Waals surface area contributed by atoms with Gasteiger partial charge in [0.1, 0.15) is 6.61 Å². The van der Waals surface area contributed by atoms with E-state index in [1.165, 1.54) is 18.1 Å². The van der Waals surface area contributed by atoms with Crippen LogP contribution in [0.1, 0.15) is 31.9 Å². The molecule has 1 aromatic rings. The van der Waals surface area contributed by atoms with E-state index in [2.05, 4.69) is 30.4 Å². The molecule has 3 heteroatoms. The molecular weight excluding hydrogens is 214 g/mol. The summed E-state index contributed by atoms with van der Waals surface area (Å²) in [6.07, 6.45) is 0. The summed E-state index contributed by atoms with van der Waals surface area (Å²) in [5, 5.41) is 3.38. The molecule has 1 N–H and O–H groups in total. The van der Waals surface area contributed by atoms with Gasteiger partial charge in [0.05, 0.1) is 0 Å². The lowest BCUT2D eigenvalue weighted by atomic mass is 10.1. The van der Waals surface area contributed by atoms with E-state index in [0.717, 1.165) is 6.54 Å². The van der Waals surface area contributed by atoms with Gasteiger partial charge < -0.3 is 10.1 Å². The number of rotatable bonds is 5. The topological polar surface area (TPSA) is 38.3 Å². The van der Waals surface area contributed by atoms with Crippen LogP contribution in [-0.2, 0) is 16.1 Å². The monoisotopic (exact) mass is 235 g/mol. The van der Waals surface area contributed by atoms with Crippen LogP contribution in [0.2, 0.25) is 0 Å². The first-order valence-electron chi connectivity index (χ1n) is 5.83. The standard InChI is InChI=1S/C14H21NO2/c1-11-6-5-7-13(8-11)9-15-14(3,4)10-17-12(2)16/h5-8,15H,9-10H2,1-4H3. The van der Waals surface area contributed by atoms with Crippen LogP contribution in [0, 0.1) is 6.92 Å². The Bertz CT molecular complexity index is 386. The fourth-order valence-corrected chi connectivity index (χ4v) is 1.50. The molecule has 0 unspecified atom stereocenters. The van der Waals surface area contributed by atoms with Crippen molar-refractivity contribution in [1.29, 1.82) is 0 Å². The average molecular weight is 235 g/mol. The first-order chi connectivity index (χ1) is 7.89. The van der Waals surface area contributed by atoms with Crippen molar-refractivity contribution in [2.75, 3.05) is 6.61 Å². The van der Waals surface area contributed by atoms with Gasteiger partial charge in [0.15, 0.2) is 0 Å². The molecule has 0 radical (unpaired) electrons.